The number of carbonyl (C=O) groups excluding carboxylic acids is 1. The van der Waals surface area contributed by atoms with Crippen LogP contribution in [0.15, 0.2) is 24.3 Å². The molecular weight excluding hydrogens is 254 g/mol. The van der Waals surface area contributed by atoms with Crippen molar-refractivity contribution in [3.8, 4) is 0 Å². The van der Waals surface area contributed by atoms with Crippen molar-refractivity contribution in [1.29, 1.82) is 0 Å². The SMILES string of the molecule is O=C(CC1COCCN1)N1CCNCc2ccccc21. The van der Waals surface area contributed by atoms with E-state index in [1.54, 1.807) is 0 Å². The Balaban J connectivity index is 1.73. The van der Waals surface area contributed by atoms with Gasteiger partial charge in [-0.15, -0.1) is 0 Å². The van der Waals surface area contributed by atoms with Crippen LogP contribution in [0, 0.1) is 0 Å². The van der Waals surface area contributed by atoms with E-state index in [9.17, 15) is 4.79 Å². The van der Waals surface area contributed by atoms with Gasteiger partial charge in [-0.3, -0.25) is 4.79 Å². The molecule has 2 aliphatic heterocycles. The highest BCUT2D eigenvalue weighted by molar-refractivity contribution is 5.94. The highest BCUT2D eigenvalue weighted by Gasteiger charge is 2.24. The predicted molar refractivity (Wildman–Crippen MR) is 77.7 cm³/mol. The van der Waals surface area contributed by atoms with Gasteiger partial charge >= 0.3 is 0 Å². The molecule has 20 heavy (non-hydrogen) atoms. The van der Waals surface area contributed by atoms with E-state index in [4.69, 9.17) is 4.74 Å². The number of hydrogen-bond acceptors (Lipinski definition) is 4. The third-order valence-electron chi connectivity index (χ3n) is 3.83. The van der Waals surface area contributed by atoms with Gasteiger partial charge in [0.25, 0.3) is 0 Å². The van der Waals surface area contributed by atoms with Crippen LogP contribution in [-0.4, -0.2) is 44.8 Å². The Kier molecular flexibility index (Phi) is 4.30. The zero-order valence-corrected chi connectivity index (χ0v) is 11.6. The second kappa shape index (κ2) is 6.35. The molecule has 5 nitrogen and oxygen atoms in total. The molecule has 1 aromatic rings. The highest BCUT2D eigenvalue weighted by Crippen LogP contribution is 2.23. The fraction of sp³-hybridized carbons (Fsp3) is 0.533. The molecule has 0 bridgehead atoms. The number of anilines is 1. The minimum Gasteiger partial charge on any atom is -0.378 e. The first kappa shape index (κ1) is 13.5. The van der Waals surface area contributed by atoms with Crippen molar-refractivity contribution in [2.75, 3.05) is 37.7 Å². The van der Waals surface area contributed by atoms with Crippen molar-refractivity contribution in [1.82, 2.24) is 10.6 Å². The smallest absolute Gasteiger partial charge is 0.228 e. The van der Waals surface area contributed by atoms with Crippen molar-refractivity contribution in [2.45, 2.75) is 19.0 Å². The Morgan fingerprint density at radius 2 is 2.25 bits per heavy atom. The molecule has 1 amide bonds. The molecule has 0 aromatic heterocycles. The van der Waals surface area contributed by atoms with Crippen LogP contribution in [0.5, 0.6) is 0 Å². The first-order valence-electron chi connectivity index (χ1n) is 7.25. The van der Waals surface area contributed by atoms with Gasteiger partial charge in [0.05, 0.1) is 13.2 Å². The van der Waals surface area contributed by atoms with Gasteiger partial charge in [-0.25, -0.2) is 0 Å². The molecule has 2 N–H and O–H groups in total. The summed E-state index contributed by atoms with van der Waals surface area (Å²) in [7, 11) is 0. The predicted octanol–water partition coefficient (Wildman–Crippen LogP) is 0.501. The Labute approximate surface area is 119 Å². The molecule has 1 aromatic carbocycles. The van der Waals surface area contributed by atoms with Gasteiger partial charge in [-0.1, -0.05) is 18.2 Å². The maximum atomic E-state index is 12.6. The first-order valence-corrected chi connectivity index (χ1v) is 7.25. The third-order valence-corrected chi connectivity index (χ3v) is 3.83. The summed E-state index contributed by atoms with van der Waals surface area (Å²) in [6.07, 6.45) is 0.494. The van der Waals surface area contributed by atoms with E-state index >= 15 is 0 Å². The average molecular weight is 275 g/mol. The molecule has 2 aliphatic rings. The number of morpholine rings is 1. The number of hydrogen-bond donors (Lipinski definition) is 2. The van der Waals surface area contributed by atoms with E-state index in [2.05, 4.69) is 16.7 Å². The van der Waals surface area contributed by atoms with E-state index in [0.717, 1.165) is 38.5 Å². The summed E-state index contributed by atoms with van der Waals surface area (Å²) in [4.78, 5) is 14.5. The van der Waals surface area contributed by atoms with Crippen molar-refractivity contribution in [2.24, 2.45) is 0 Å². The Bertz CT molecular complexity index is 472. The zero-order valence-electron chi connectivity index (χ0n) is 11.6. The van der Waals surface area contributed by atoms with Crippen molar-refractivity contribution >= 4 is 11.6 Å². The summed E-state index contributed by atoms with van der Waals surface area (Å²) in [5, 5.41) is 6.70. The number of amides is 1. The molecule has 1 saturated heterocycles. The van der Waals surface area contributed by atoms with Gasteiger partial charge in [0.2, 0.25) is 5.91 Å². The van der Waals surface area contributed by atoms with Crippen LogP contribution in [0.3, 0.4) is 0 Å². The van der Waals surface area contributed by atoms with E-state index in [-0.39, 0.29) is 11.9 Å². The summed E-state index contributed by atoms with van der Waals surface area (Å²) in [5.74, 6) is 0.171. The summed E-state index contributed by atoms with van der Waals surface area (Å²) in [5.41, 5.74) is 2.23. The van der Waals surface area contributed by atoms with Gasteiger partial charge in [0.1, 0.15) is 0 Å². The van der Waals surface area contributed by atoms with Crippen LogP contribution in [0.4, 0.5) is 5.69 Å². The zero-order chi connectivity index (χ0) is 13.8. The maximum Gasteiger partial charge on any atom is 0.228 e. The van der Waals surface area contributed by atoms with E-state index in [1.165, 1.54) is 5.56 Å². The van der Waals surface area contributed by atoms with Crippen LogP contribution in [-0.2, 0) is 16.1 Å². The van der Waals surface area contributed by atoms with Crippen LogP contribution < -0.4 is 15.5 Å². The topological polar surface area (TPSA) is 53.6 Å². The molecular formula is C15H21N3O2. The summed E-state index contributed by atoms with van der Waals surface area (Å²) >= 11 is 0. The van der Waals surface area contributed by atoms with Gasteiger partial charge in [0.15, 0.2) is 0 Å². The monoisotopic (exact) mass is 275 g/mol. The fourth-order valence-corrected chi connectivity index (χ4v) is 2.79. The first-order chi connectivity index (χ1) is 9.84. The standard InChI is InChI=1S/C15H21N3O2/c19-15(9-13-11-20-8-6-17-13)18-7-5-16-10-12-3-1-2-4-14(12)18/h1-4,13,16-17H,5-11H2. The number of nitrogens with one attached hydrogen (secondary N) is 2. The van der Waals surface area contributed by atoms with Crippen LogP contribution in [0.1, 0.15) is 12.0 Å². The number of rotatable bonds is 2. The lowest BCUT2D eigenvalue weighted by Gasteiger charge is -2.27. The Morgan fingerprint density at radius 3 is 3.10 bits per heavy atom. The minimum atomic E-state index is 0.139. The van der Waals surface area contributed by atoms with Gasteiger partial charge in [0, 0.05) is 44.3 Å². The average Bonchev–Trinajstić information content (AvgIpc) is 2.70. The summed E-state index contributed by atoms with van der Waals surface area (Å²) in [6, 6.07) is 8.26. The second-order valence-electron chi connectivity index (χ2n) is 5.28. The number of para-hydroxylation sites is 1. The fourth-order valence-electron chi connectivity index (χ4n) is 2.79. The molecule has 0 aliphatic carbocycles. The quantitative estimate of drug-likeness (QED) is 0.825. The second-order valence-corrected chi connectivity index (χ2v) is 5.28. The molecule has 0 saturated carbocycles. The molecule has 1 fully saturated rings. The Hall–Kier alpha value is -1.43. The number of ether oxygens (including phenoxy) is 1. The van der Waals surface area contributed by atoms with Crippen molar-refractivity contribution in [3.05, 3.63) is 29.8 Å². The third kappa shape index (κ3) is 3.00. The van der Waals surface area contributed by atoms with Crippen molar-refractivity contribution < 1.29 is 9.53 Å². The van der Waals surface area contributed by atoms with Crippen LogP contribution >= 0.6 is 0 Å². The van der Waals surface area contributed by atoms with Gasteiger partial charge in [-0.2, -0.15) is 0 Å². The lowest BCUT2D eigenvalue weighted by atomic mass is 10.1. The summed E-state index contributed by atoms with van der Waals surface area (Å²) < 4.78 is 5.42. The van der Waals surface area contributed by atoms with E-state index in [0.29, 0.717) is 13.0 Å². The highest BCUT2D eigenvalue weighted by atomic mass is 16.5. The molecule has 1 atom stereocenters. The van der Waals surface area contributed by atoms with Crippen LogP contribution in [0.2, 0.25) is 0 Å². The minimum absolute atomic E-state index is 0.139. The lowest BCUT2D eigenvalue weighted by molar-refractivity contribution is -0.119. The molecule has 1 unspecified atom stereocenters. The number of fused-ring (bicyclic) bond motifs is 1. The molecule has 0 spiro atoms. The number of benzene rings is 1. The number of nitrogens with zero attached hydrogens (tertiary/aromatic N) is 1. The van der Waals surface area contributed by atoms with Gasteiger partial charge < -0.3 is 20.3 Å². The summed E-state index contributed by atoms with van der Waals surface area (Å²) in [6.45, 7) is 4.57. The molecule has 0 radical (unpaired) electrons. The largest absolute Gasteiger partial charge is 0.378 e. The maximum absolute atomic E-state index is 12.6. The van der Waals surface area contributed by atoms with Crippen LogP contribution in [0.25, 0.3) is 0 Å². The molecule has 108 valence electrons. The van der Waals surface area contributed by atoms with Gasteiger partial charge in [-0.05, 0) is 11.6 Å². The molecule has 5 heteroatoms. The Morgan fingerprint density at radius 1 is 1.35 bits per heavy atom. The van der Waals surface area contributed by atoms with E-state index in [1.807, 2.05) is 23.1 Å². The van der Waals surface area contributed by atoms with E-state index < -0.39 is 0 Å². The number of carbonyl (C=O) groups is 1. The molecule has 3 rings (SSSR count). The normalized spacial score (nSPS) is 23.0. The lowest BCUT2D eigenvalue weighted by Crippen LogP contribution is -2.45. The molecule has 2 heterocycles. The van der Waals surface area contributed by atoms with Crippen molar-refractivity contribution in [3.63, 3.8) is 0 Å².